The highest BCUT2D eigenvalue weighted by atomic mass is 19.1. The number of hydrogen-bond donors (Lipinski definition) is 2. The predicted molar refractivity (Wildman–Crippen MR) is 114 cm³/mol. The molecule has 32 heavy (non-hydrogen) atoms. The molecule has 0 radical (unpaired) electrons. The lowest BCUT2D eigenvalue weighted by atomic mass is 9.93. The minimum Gasteiger partial charge on any atom is -0.393 e. The third-order valence-corrected chi connectivity index (χ3v) is 6.50. The van der Waals surface area contributed by atoms with E-state index in [4.69, 9.17) is 0 Å². The SMILES string of the molecule is O=C(NC1CCC(O)CC1)c1cnn2ccc(N3CCC[C@@H]3c3cc(F)ccc3F)nc12. The van der Waals surface area contributed by atoms with Gasteiger partial charge in [0.1, 0.15) is 23.0 Å². The van der Waals surface area contributed by atoms with Gasteiger partial charge in [-0.1, -0.05) is 0 Å². The first kappa shape index (κ1) is 20.8. The van der Waals surface area contributed by atoms with E-state index in [0.29, 0.717) is 48.4 Å². The van der Waals surface area contributed by atoms with E-state index in [9.17, 15) is 18.7 Å². The second-order valence-corrected chi connectivity index (χ2v) is 8.61. The molecule has 5 rings (SSSR count). The second-order valence-electron chi connectivity index (χ2n) is 8.61. The number of aliphatic hydroxyl groups is 1. The molecule has 9 heteroatoms. The van der Waals surface area contributed by atoms with Crippen molar-refractivity contribution in [2.75, 3.05) is 11.4 Å². The van der Waals surface area contributed by atoms with Gasteiger partial charge in [0.25, 0.3) is 5.91 Å². The molecular formula is C23H25F2N5O2. The van der Waals surface area contributed by atoms with Crippen molar-refractivity contribution in [2.45, 2.75) is 56.7 Å². The predicted octanol–water partition coefficient (Wildman–Crippen LogP) is 3.38. The van der Waals surface area contributed by atoms with Crippen molar-refractivity contribution in [2.24, 2.45) is 0 Å². The number of amides is 1. The number of rotatable bonds is 4. The number of nitrogens with zero attached hydrogens (tertiary/aromatic N) is 4. The summed E-state index contributed by atoms with van der Waals surface area (Å²) in [4.78, 5) is 19.5. The zero-order valence-electron chi connectivity index (χ0n) is 17.5. The van der Waals surface area contributed by atoms with Crippen molar-refractivity contribution in [1.82, 2.24) is 19.9 Å². The van der Waals surface area contributed by atoms with Crippen molar-refractivity contribution in [1.29, 1.82) is 0 Å². The average molecular weight is 441 g/mol. The molecule has 1 amide bonds. The van der Waals surface area contributed by atoms with Crippen LogP contribution in [0.3, 0.4) is 0 Å². The zero-order valence-corrected chi connectivity index (χ0v) is 17.5. The zero-order chi connectivity index (χ0) is 22.2. The molecule has 1 aliphatic heterocycles. The van der Waals surface area contributed by atoms with Crippen LogP contribution in [-0.4, -0.2) is 44.3 Å². The van der Waals surface area contributed by atoms with E-state index in [1.54, 1.807) is 12.3 Å². The van der Waals surface area contributed by atoms with Crippen LogP contribution < -0.4 is 10.2 Å². The Hall–Kier alpha value is -3.07. The van der Waals surface area contributed by atoms with Crippen LogP contribution >= 0.6 is 0 Å². The maximum Gasteiger partial charge on any atom is 0.256 e. The van der Waals surface area contributed by atoms with Crippen molar-refractivity contribution in [3.05, 3.63) is 59.4 Å². The van der Waals surface area contributed by atoms with Crippen LogP contribution in [0.2, 0.25) is 0 Å². The number of nitrogens with one attached hydrogen (secondary N) is 1. The molecule has 168 valence electrons. The van der Waals surface area contributed by atoms with Crippen LogP contribution in [0.15, 0.2) is 36.7 Å². The Morgan fingerprint density at radius 3 is 2.75 bits per heavy atom. The van der Waals surface area contributed by atoms with Crippen LogP contribution in [0, 0.1) is 11.6 Å². The van der Waals surface area contributed by atoms with Gasteiger partial charge in [-0.25, -0.2) is 18.3 Å². The van der Waals surface area contributed by atoms with Gasteiger partial charge in [0.15, 0.2) is 5.65 Å². The maximum atomic E-state index is 14.4. The minimum atomic E-state index is -0.471. The monoisotopic (exact) mass is 441 g/mol. The van der Waals surface area contributed by atoms with Crippen molar-refractivity contribution in [3.8, 4) is 0 Å². The molecule has 0 unspecified atom stereocenters. The Balaban J connectivity index is 1.42. The van der Waals surface area contributed by atoms with Crippen LogP contribution in [0.5, 0.6) is 0 Å². The summed E-state index contributed by atoms with van der Waals surface area (Å²) in [7, 11) is 0. The van der Waals surface area contributed by atoms with Crippen LogP contribution in [0.4, 0.5) is 14.6 Å². The Bertz CT molecular complexity index is 1140. The topological polar surface area (TPSA) is 82.8 Å². The first-order chi connectivity index (χ1) is 15.5. The number of carbonyl (C=O) groups is 1. The molecule has 3 heterocycles. The molecule has 1 aliphatic carbocycles. The van der Waals surface area contributed by atoms with Gasteiger partial charge in [-0.2, -0.15) is 5.10 Å². The third-order valence-electron chi connectivity index (χ3n) is 6.50. The molecule has 1 aromatic carbocycles. The Morgan fingerprint density at radius 2 is 1.94 bits per heavy atom. The Kier molecular flexibility index (Phi) is 5.50. The number of carbonyl (C=O) groups excluding carboxylic acids is 1. The summed E-state index contributed by atoms with van der Waals surface area (Å²) in [5.74, 6) is -0.563. The molecule has 0 spiro atoms. The van der Waals surface area contributed by atoms with Crippen LogP contribution in [-0.2, 0) is 0 Å². The molecule has 2 N–H and O–H groups in total. The molecule has 1 saturated heterocycles. The number of benzene rings is 1. The summed E-state index contributed by atoms with van der Waals surface area (Å²) >= 11 is 0. The van der Waals surface area contributed by atoms with Gasteiger partial charge < -0.3 is 15.3 Å². The first-order valence-electron chi connectivity index (χ1n) is 11.0. The highest BCUT2D eigenvalue weighted by molar-refractivity contribution is 5.99. The van der Waals surface area contributed by atoms with E-state index in [0.717, 1.165) is 31.4 Å². The fourth-order valence-corrected chi connectivity index (χ4v) is 4.80. The van der Waals surface area contributed by atoms with Crippen molar-refractivity contribution < 1.29 is 18.7 Å². The number of aromatic nitrogens is 3. The van der Waals surface area contributed by atoms with Gasteiger partial charge in [0.05, 0.1) is 18.3 Å². The van der Waals surface area contributed by atoms with E-state index in [-0.39, 0.29) is 24.1 Å². The smallest absolute Gasteiger partial charge is 0.256 e. The molecule has 1 atom stereocenters. The van der Waals surface area contributed by atoms with Crippen LogP contribution in [0.25, 0.3) is 5.65 Å². The molecule has 2 aromatic heterocycles. The summed E-state index contributed by atoms with van der Waals surface area (Å²) in [6.45, 7) is 0.657. The normalized spacial score (nSPS) is 23.6. The highest BCUT2D eigenvalue weighted by Crippen LogP contribution is 2.36. The van der Waals surface area contributed by atoms with E-state index in [1.807, 2.05) is 4.90 Å². The van der Waals surface area contributed by atoms with Crippen molar-refractivity contribution >= 4 is 17.4 Å². The van der Waals surface area contributed by atoms with Crippen molar-refractivity contribution in [3.63, 3.8) is 0 Å². The summed E-state index contributed by atoms with van der Waals surface area (Å²) in [5, 5.41) is 16.9. The summed E-state index contributed by atoms with van der Waals surface area (Å²) < 4.78 is 29.8. The minimum absolute atomic E-state index is 0.0166. The first-order valence-corrected chi connectivity index (χ1v) is 11.0. The van der Waals surface area contributed by atoms with Crippen LogP contribution in [0.1, 0.15) is 60.5 Å². The van der Waals surface area contributed by atoms with Gasteiger partial charge in [-0.15, -0.1) is 0 Å². The number of hydrogen-bond acceptors (Lipinski definition) is 5. The van der Waals surface area contributed by atoms with E-state index in [2.05, 4.69) is 15.4 Å². The Morgan fingerprint density at radius 1 is 1.12 bits per heavy atom. The molecule has 2 aliphatic rings. The molecular weight excluding hydrogens is 416 g/mol. The van der Waals surface area contributed by atoms with Gasteiger partial charge in [0.2, 0.25) is 0 Å². The molecule has 7 nitrogen and oxygen atoms in total. The number of halogens is 2. The fourth-order valence-electron chi connectivity index (χ4n) is 4.80. The third kappa shape index (κ3) is 3.92. The molecule has 2 fully saturated rings. The number of fused-ring (bicyclic) bond motifs is 1. The van der Waals surface area contributed by atoms with Gasteiger partial charge >= 0.3 is 0 Å². The molecule has 3 aromatic rings. The molecule has 1 saturated carbocycles. The largest absolute Gasteiger partial charge is 0.393 e. The van der Waals surface area contributed by atoms with E-state index in [1.165, 1.54) is 16.8 Å². The Labute approximate surface area is 184 Å². The lowest BCUT2D eigenvalue weighted by Crippen LogP contribution is -2.38. The summed E-state index contributed by atoms with van der Waals surface area (Å²) in [6, 6.07) is 4.99. The maximum absolute atomic E-state index is 14.4. The lowest BCUT2D eigenvalue weighted by molar-refractivity contribution is 0.0869. The second kappa shape index (κ2) is 8.46. The highest BCUT2D eigenvalue weighted by Gasteiger charge is 2.30. The van der Waals surface area contributed by atoms with Gasteiger partial charge in [0, 0.05) is 24.3 Å². The van der Waals surface area contributed by atoms with E-state index >= 15 is 0 Å². The van der Waals surface area contributed by atoms with Gasteiger partial charge in [-0.3, -0.25) is 4.79 Å². The standard InChI is InChI=1S/C23H25F2N5O2/c24-14-3-8-19(25)17(12-14)20-2-1-10-29(20)21-9-11-30-22(28-21)18(13-26-30)23(32)27-15-4-6-16(31)7-5-15/h3,8-9,11-13,15-16,20,31H,1-2,4-7,10H2,(H,27,32)/t15?,16?,20-/m1/s1. The average Bonchev–Trinajstić information content (AvgIpc) is 3.43. The molecule has 0 bridgehead atoms. The quantitative estimate of drug-likeness (QED) is 0.649. The lowest BCUT2D eigenvalue weighted by Gasteiger charge is -2.27. The fraction of sp³-hybridized carbons (Fsp3) is 0.435. The number of anilines is 1. The summed E-state index contributed by atoms with van der Waals surface area (Å²) in [6.07, 6.45) is 7.26. The summed E-state index contributed by atoms with van der Waals surface area (Å²) in [5.41, 5.74) is 1.10. The van der Waals surface area contributed by atoms with E-state index < -0.39 is 11.6 Å². The van der Waals surface area contributed by atoms with Gasteiger partial charge in [-0.05, 0) is 62.8 Å². The number of aliphatic hydroxyl groups excluding tert-OH is 1.